The van der Waals surface area contributed by atoms with Crippen LogP contribution in [-0.4, -0.2) is 9.97 Å². The number of hydrogen-bond acceptors (Lipinski definition) is 3. The van der Waals surface area contributed by atoms with E-state index in [1.165, 1.54) is 11.9 Å². The number of anilines is 2. The molecule has 0 atom stereocenters. The topological polar surface area (TPSA) is 57.8 Å². The summed E-state index contributed by atoms with van der Waals surface area (Å²) in [5.41, 5.74) is 1.75. The first-order valence-electron chi connectivity index (χ1n) is 5.30. The van der Waals surface area contributed by atoms with Crippen LogP contribution in [0.2, 0.25) is 5.02 Å². The second-order valence-electron chi connectivity index (χ2n) is 3.57. The van der Waals surface area contributed by atoms with Gasteiger partial charge in [0.25, 0.3) is 5.56 Å². The Morgan fingerprint density at radius 3 is 2.71 bits per heavy atom. The lowest BCUT2D eigenvalue weighted by molar-refractivity contribution is 1.12. The Labute approximate surface area is 104 Å². The lowest BCUT2D eigenvalue weighted by Gasteiger charge is -2.06. The van der Waals surface area contributed by atoms with Crippen LogP contribution in [-0.2, 0) is 6.42 Å². The molecule has 88 valence electrons. The smallest absolute Gasteiger partial charge is 0.271 e. The second kappa shape index (κ2) is 5.01. The van der Waals surface area contributed by atoms with Crippen LogP contribution in [0.5, 0.6) is 0 Å². The lowest BCUT2D eigenvalue weighted by Crippen LogP contribution is -2.09. The first-order chi connectivity index (χ1) is 8.20. The van der Waals surface area contributed by atoms with Crippen LogP contribution in [0, 0.1) is 0 Å². The van der Waals surface area contributed by atoms with Gasteiger partial charge in [-0.3, -0.25) is 4.79 Å². The molecule has 0 fully saturated rings. The number of nitrogens with zero attached hydrogens (tertiary/aromatic N) is 1. The minimum absolute atomic E-state index is 0.0621. The number of rotatable bonds is 3. The van der Waals surface area contributed by atoms with Gasteiger partial charge < -0.3 is 10.3 Å². The molecule has 0 unspecified atom stereocenters. The molecule has 0 aliphatic rings. The number of H-pyrrole nitrogens is 1. The van der Waals surface area contributed by atoms with Crippen molar-refractivity contribution in [1.82, 2.24) is 9.97 Å². The van der Waals surface area contributed by atoms with Crippen LogP contribution in [0.25, 0.3) is 0 Å². The van der Waals surface area contributed by atoms with Gasteiger partial charge in [0.1, 0.15) is 5.02 Å². The van der Waals surface area contributed by atoms with Crippen LogP contribution >= 0.6 is 11.6 Å². The Hall–Kier alpha value is -1.81. The summed E-state index contributed by atoms with van der Waals surface area (Å²) in [6.45, 7) is 2.09. The Balaban J connectivity index is 2.25. The summed E-state index contributed by atoms with van der Waals surface area (Å²) in [4.78, 5) is 17.6. The van der Waals surface area contributed by atoms with Gasteiger partial charge in [0.05, 0.1) is 6.33 Å². The van der Waals surface area contributed by atoms with E-state index in [4.69, 9.17) is 11.6 Å². The molecule has 2 rings (SSSR count). The summed E-state index contributed by atoms with van der Waals surface area (Å²) in [5, 5.41) is 3.06. The highest BCUT2D eigenvalue weighted by molar-refractivity contribution is 6.32. The summed E-state index contributed by atoms with van der Waals surface area (Å²) < 4.78 is 0. The monoisotopic (exact) mass is 249 g/mol. The van der Waals surface area contributed by atoms with Crippen molar-refractivity contribution >= 4 is 23.1 Å². The molecular formula is C12H12ClN3O. The Bertz CT molecular complexity index is 563. The summed E-state index contributed by atoms with van der Waals surface area (Å²) >= 11 is 5.83. The van der Waals surface area contributed by atoms with Crippen LogP contribution < -0.4 is 10.9 Å². The largest absolute Gasteiger partial charge is 0.339 e. The average molecular weight is 250 g/mol. The molecule has 0 spiro atoms. The van der Waals surface area contributed by atoms with Gasteiger partial charge in [0, 0.05) is 5.69 Å². The quantitative estimate of drug-likeness (QED) is 0.879. The Morgan fingerprint density at radius 2 is 2.06 bits per heavy atom. The normalized spacial score (nSPS) is 10.2. The maximum Gasteiger partial charge on any atom is 0.271 e. The molecule has 5 heteroatoms. The minimum Gasteiger partial charge on any atom is -0.339 e. The molecule has 1 aromatic carbocycles. The van der Waals surface area contributed by atoms with E-state index < -0.39 is 0 Å². The van der Waals surface area contributed by atoms with E-state index in [9.17, 15) is 4.79 Å². The molecule has 17 heavy (non-hydrogen) atoms. The molecule has 0 bridgehead atoms. The van der Waals surface area contributed by atoms with Crippen molar-refractivity contribution in [1.29, 1.82) is 0 Å². The molecule has 1 aromatic heterocycles. The van der Waals surface area contributed by atoms with E-state index in [0.717, 1.165) is 12.1 Å². The Kier molecular flexibility index (Phi) is 3.44. The maximum atomic E-state index is 11.3. The number of benzene rings is 1. The second-order valence-corrected chi connectivity index (χ2v) is 3.95. The van der Waals surface area contributed by atoms with E-state index in [-0.39, 0.29) is 10.6 Å². The minimum atomic E-state index is -0.352. The van der Waals surface area contributed by atoms with Gasteiger partial charge in [-0.1, -0.05) is 30.7 Å². The molecule has 0 radical (unpaired) electrons. The fraction of sp³-hybridized carbons (Fsp3) is 0.167. The fourth-order valence-electron chi connectivity index (χ4n) is 1.43. The van der Waals surface area contributed by atoms with E-state index in [0.29, 0.717) is 5.82 Å². The number of halogens is 1. The SMILES string of the molecule is CCc1ccc(Nc2nc[nH]c(=O)c2Cl)cc1. The van der Waals surface area contributed by atoms with Crippen molar-refractivity contribution in [3.63, 3.8) is 0 Å². The average Bonchev–Trinajstić information content (AvgIpc) is 2.36. The molecule has 4 nitrogen and oxygen atoms in total. The predicted molar refractivity (Wildman–Crippen MR) is 69.0 cm³/mol. The zero-order chi connectivity index (χ0) is 12.3. The van der Waals surface area contributed by atoms with Gasteiger partial charge in [-0.25, -0.2) is 4.98 Å². The van der Waals surface area contributed by atoms with Crippen LogP contribution in [0.3, 0.4) is 0 Å². The van der Waals surface area contributed by atoms with E-state index in [2.05, 4.69) is 22.2 Å². The molecule has 2 N–H and O–H groups in total. The van der Waals surface area contributed by atoms with Gasteiger partial charge in [0.2, 0.25) is 0 Å². The van der Waals surface area contributed by atoms with Gasteiger partial charge in [0.15, 0.2) is 5.82 Å². The highest BCUT2D eigenvalue weighted by atomic mass is 35.5. The van der Waals surface area contributed by atoms with E-state index >= 15 is 0 Å². The maximum absolute atomic E-state index is 11.3. The first kappa shape index (κ1) is 11.7. The standard InChI is InChI=1S/C12H12ClN3O/c1-2-8-3-5-9(6-4-8)16-11-10(13)12(17)15-7-14-11/h3-7H,2H2,1H3,(H2,14,15,16,17). The third-order valence-corrected chi connectivity index (χ3v) is 2.77. The van der Waals surface area contributed by atoms with Crippen molar-refractivity contribution in [3.05, 3.63) is 51.5 Å². The molecular weight excluding hydrogens is 238 g/mol. The highest BCUT2D eigenvalue weighted by Crippen LogP contribution is 2.19. The lowest BCUT2D eigenvalue weighted by atomic mass is 10.1. The molecule has 2 aromatic rings. The van der Waals surface area contributed by atoms with Crippen molar-refractivity contribution in [3.8, 4) is 0 Å². The molecule has 0 saturated heterocycles. The summed E-state index contributed by atoms with van der Waals surface area (Å²) in [7, 11) is 0. The van der Waals surface area contributed by atoms with Crippen molar-refractivity contribution < 1.29 is 0 Å². The molecule has 0 aliphatic heterocycles. The van der Waals surface area contributed by atoms with Crippen molar-refractivity contribution in [2.75, 3.05) is 5.32 Å². The number of hydrogen-bond donors (Lipinski definition) is 2. The van der Waals surface area contributed by atoms with Gasteiger partial charge in [-0.2, -0.15) is 0 Å². The zero-order valence-corrected chi connectivity index (χ0v) is 10.1. The van der Waals surface area contributed by atoms with Crippen LogP contribution in [0.15, 0.2) is 35.4 Å². The van der Waals surface area contributed by atoms with Crippen LogP contribution in [0.1, 0.15) is 12.5 Å². The summed E-state index contributed by atoms with van der Waals surface area (Å²) in [6.07, 6.45) is 2.31. The number of nitrogens with one attached hydrogen (secondary N) is 2. The van der Waals surface area contributed by atoms with E-state index in [1.807, 2.05) is 24.3 Å². The number of aromatic nitrogens is 2. The van der Waals surface area contributed by atoms with Gasteiger partial charge in [-0.05, 0) is 24.1 Å². The molecule has 1 heterocycles. The van der Waals surface area contributed by atoms with Gasteiger partial charge >= 0.3 is 0 Å². The van der Waals surface area contributed by atoms with Crippen molar-refractivity contribution in [2.24, 2.45) is 0 Å². The third-order valence-electron chi connectivity index (χ3n) is 2.42. The highest BCUT2D eigenvalue weighted by Gasteiger charge is 2.05. The number of aromatic amines is 1. The fourth-order valence-corrected chi connectivity index (χ4v) is 1.58. The summed E-state index contributed by atoms with van der Waals surface area (Å²) in [5.74, 6) is 0.361. The Morgan fingerprint density at radius 1 is 1.35 bits per heavy atom. The van der Waals surface area contributed by atoms with Gasteiger partial charge in [-0.15, -0.1) is 0 Å². The first-order valence-corrected chi connectivity index (χ1v) is 5.67. The summed E-state index contributed by atoms with van der Waals surface area (Å²) in [6, 6.07) is 7.89. The van der Waals surface area contributed by atoms with Crippen molar-refractivity contribution in [2.45, 2.75) is 13.3 Å². The molecule has 0 amide bonds. The molecule has 0 aliphatic carbocycles. The van der Waals surface area contributed by atoms with E-state index in [1.54, 1.807) is 0 Å². The number of aryl methyl sites for hydroxylation is 1. The zero-order valence-electron chi connectivity index (χ0n) is 9.33. The van der Waals surface area contributed by atoms with Crippen LogP contribution in [0.4, 0.5) is 11.5 Å². The molecule has 0 saturated carbocycles. The predicted octanol–water partition coefficient (Wildman–Crippen LogP) is 2.73. The third kappa shape index (κ3) is 2.65.